The van der Waals surface area contributed by atoms with E-state index in [1.165, 1.54) is 201 Å². The van der Waals surface area contributed by atoms with Crippen LogP contribution in [0.1, 0.15) is 326 Å². The summed E-state index contributed by atoms with van der Waals surface area (Å²) in [5, 5.41) is 0. The fourth-order valence-corrected chi connectivity index (χ4v) is 18.9. The quantitative estimate of drug-likeness (QED) is 0.126. The van der Waals surface area contributed by atoms with Gasteiger partial charge in [-0.3, -0.25) is 29.6 Å². The van der Waals surface area contributed by atoms with Gasteiger partial charge in [0.25, 0.3) is 0 Å². The van der Waals surface area contributed by atoms with Crippen LogP contribution in [0.25, 0.3) is 0 Å². The molecule has 604 valence electrons. The molecule has 6 heteroatoms. The smallest absolute Gasteiger partial charge is 0.139 e. The lowest BCUT2D eigenvalue weighted by Crippen LogP contribution is -2.33. The second kappa shape index (κ2) is 45.1. The van der Waals surface area contributed by atoms with Crippen molar-refractivity contribution in [3.8, 4) is 0 Å². The molecule has 6 aliphatic carbocycles. The van der Waals surface area contributed by atoms with E-state index in [-0.39, 0.29) is 11.8 Å². The van der Waals surface area contributed by atoms with E-state index in [1.807, 2.05) is 27.7 Å². The molecule has 4 aromatic rings. The lowest BCUT2D eigenvalue weighted by Gasteiger charge is -2.35. The van der Waals surface area contributed by atoms with Crippen LogP contribution in [0.15, 0.2) is 164 Å². The number of ketones is 2. The van der Waals surface area contributed by atoms with Crippen molar-refractivity contribution in [3.05, 3.63) is 189 Å². The van der Waals surface area contributed by atoms with E-state index >= 15 is 0 Å². The number of rotatable bonds is 14. The summed E-state index contributed by atoms with van der Waals surface area (Å²) in [6.45, 7) is 52.1. The van der Waals surface area contributed by atoms with Crippen molar-refractivity contribution in [3.63, 3.8) is 0 Å². The number of benzene rings is 4. The third kappa shape index (κ3) is 27.6. The molecule has 0 amide bonds. The molecule has 0 saturated heterocycles. The van der Waals surface area contributed by atoms with Gasteiger partial charge in [0.1, 0.15) is 11.6 Å². The molecule has 6 fully saturated rings. The molecule has 4 aliphatic heterocycles. The number of Topliss-reactive ketones (excluding diaryl/α,β-unsaturated/α-hetero) is 2. The lowest BCUT2D eigenvalue weighted by atomic mass is 9.71. The standard InChI is InChI=1S/C23H31NO.C22H27NO.C22H31N.C21H27N.4C4H10/c1-16(2)22(25)14-18-10-12-19(13-11-18)23-21-9-7-5-4-6-8-20(21)17(3)15-24-23;1-13(2)19(24)10-15-4-6-16(7-5-15)22-21-18-9-8-17(11-18)20(21)14(3)12-23-22;1-16(2)14-18-10-12-19(13-11-18)22-21-9-7-5-4-6-8-20(21)17(3)15-23-22;1-13(2)10-15-4-6-16(7-5-15)21-20-18-9-8-17(11-18)19(20)14(3)12-22-21;4*1-4(2)3/h10-13,15-16,20-21H,4-9,14H2,1-3H3;4-7,12-13,17-18,20-21H,8-11H2,1-3H3;10-13,15-16,20-21H,4-9,14H2,1-3H3;4-7,12-13,17-20H,8-11H2,1-3H3;4*4H,1-3H3. The van der Waals surface area contributed by atoms with Gasteiger partial charge in [0.05, 0.1) is 22.8 Å². The largest absolute Gasteiger partial charge is 0.299 e. The van der Waals surface area contributed by atoms with Crippen LogP contribution < -0.4 is 0 Å². The third-order valence-electron chi connectivity index (χ3n) is 23.9. The van der Waals surface area contributed by atoms with Crippen molar-refractivity contribution in [1.82, 2.24) is 0 Å². The summed E-state index contributed by atoms with van der Waals surface area (Å²) in [6, 6.07) is 35.6. The van der Waals surface area contributed by atoms with Gasteiger partial charge < -0.3 is 0 Å². The molecule has 4 bridgehead atoms. The summed E-state index contributed by atoms with van der Waals surface area (Å²) in [4.78, 5) is 43.4. The zero-order valence-corrected chi connectivity index (χ0v) is 74.3. The molecule has 4 aromatic carbocycles. The summed E-state index contributed by atoms with van der Waals surface area (Å²) < 4.78 is 0. The molecule has 12 atom stereocenters. The summed E-state index contributed by atoms with van der Waals surface area (Å²) in [7, 11) is 0. The molecule has 14 rings (SSSR count). The number of hydrogen-bond acceptors (Lipinski definition) is 6. The predicted octanol–water partition coefficient (Wildman–Crippen LogP) is 28.7. The van der Waals surface area contributed by atoms with Crippen LogP contribution in [-0.2, 0) is 35.3 Å². The van der Waals surface area contributed by atoms with Gasteiger partial charge in [-0.05, 0) is 232 Å². The number of fused-ring (bicyclic) bond motifs is 12. The first-order valence-electron chi connectivity index (χ1n) is 44.7. The minimum atomic E-state index is 0.103. The van der Waals surface area contributed by atoms with Gasteiger partial charge in [0, 0.05) is 73.1 Å². The molecular formula is C104H156N4O2. The number of nitrogens with zero attached hydrogens (tertiary/aromatic N) is 4. The minimum Gasteiger partial charge on any atom is -0.299 e. The maximum atomic E-state index is 12.0. The van der Waals surface area contributed by atoms with Crippen molar-refractivity contribution in [1.29, 1.82) is 0 Å². The molecule has 110 heavy (non-hydrogen) atoms. The number of carbonyl (C=O) groups excluding carboxylic acids is 2. The Hall–Kier alpha value is -6.14. The number of allylic oxidation sites excluding steroid dienone is 4. The highest BCUT2D eigenvalue weighted by Gasteiger charge is 2.52. The fraction of sp³-hybridized carbons (Fsp3) is 0.635. The number of aliphatic imine (C=N–C) groups is 4. The summed E-state index contributed by atoms with van der Waals surface area (Å²) in [5.41, 5.74) is 21.5. The maximum absolute atomic E-state index is 12.0. The maximum Gasteiger partial charge on any atom is 0.139 e. The fourth-order valence-electron chi connectivity index (χ4n) is 18.9. The van der Waals surface area contributed by atoms with E-state index in [2.05, 4.69) is 260 Å². The van der Waals surface area contributed by atoms with Crippen LogP contribution in [0, 0.1) is 118 Å². The summed E-state index contributed by atoms with van der Waals surface area (Å²) >= 11 is 0. The Morgan fingerprint density at radius 3 is 0.800 bits per heavy atom. The van der Waals surface area contributed by atoms with Gasteiger partial charge >= 0.3 is 0 Å². The summed E-state index contributed by atoms with van der Waals surface area (Å²) in [5.74, 6) is 14.5. The molecule has 10 aliphatic rings. The predicted molar refractivity (Wildman–Crippen MR) is 478 cm³/mol. The average Bonchev–Trinajstić information content (AvgIpc) is 1.59. The lowest BCUT2D eigenvalue weighted by molar-refractivity contribution is -0.122. The molecule has 6 nitrogen and oxygen atoms in total. The first kappa shape index (κ1) is 91.0. The van der Waals surface area contributed by atoms with Crippen molar-refractivity contribution >= 4 is 34.4 Å². The van der Waals surface area contributed by atoms with Gasteiger partial charge in [0.15, 0.2) is 0 Å². The highest BCUT2D eigenvalue weighted by Crippen LogP contribution is 2.58. The highest BCUT2D eigenvalue weighted by molar-refractivity contribution is 6.06. The first-order valence-corrected chi connectivity index (χ1v) is 44.7. The Morgan fingerprint density at radius 2 is 0.527 bits per heavy atom. The monoisotopic (exact) mass is 1490 g/mol. The SMILES string of the molecule is CC(C)C.CC(C)C.CC(C)C.CC(C)C.CC1=CN=C(c2ccc(CC(=O)C(C)C)cc2)C2C3CCC(C3)C12.CC1=CN=C(c2ccc(CC(=O)C(C)C)cc2)C2CCCCCCC12.CC1=CN=C(c2ccc(CC(C)C)cc2)C2C3CCC(C3)C12.CC1=CN=C(c2ccc(CC(C)C)cc2)C2CCCCCCC12. The van der Waals surface area contributed by atoms with Crippen LogP contribution in [-0.4, -0.2) is 34.4 Å². The van der Waals surface area contributed by atoms with E-state index in [0.717, 1.165) is 88.6 Å². The Labute approximate surface area is 674 Å². The van der Waals surface area contributed by atoms with E-state index < -0.39 is 0 Å². The number of hydrogen-bond donors (Lipinski definition) is 0. The Kier molecular flexibility index (Phi) is 37.3. The third-order valence-corrected chi connectivity index (χ3v) is 23.9. The van der Waals surface area contributed by atoms with Crippen LogP contribution >= 0.6 is 0 Å². The second-order valence-electron chi connectivity index (χ2n) is 39.2. The van der Waals surface area contributed by atoms with Gasteiger partial charge in [-0.1, -0.05) is 309 Å². The molecule has 0 N–H and O–H groups in total. The topological polar surface area (TPSA) is 83.6 Å². The molecule has 0 radical (unpaired) electrons. The molecule has 6 saturated carbocycles. The zero-order chi connectivity index (χ0) is 80.5. The molecular weight excluding hydrogens is 1340 g/mol. The molecule has 4 heterocycles. The van der Waals surface area contributed by atoms with Crippen LogP contribution in [0.3, 0.4) is 0 Å². The van der Waals surface area contributed by atoms with E-state index in [4.69, 9.17) is 20.0 Å². The second-order valence-corrected chi connectivity index (χ2v) is 39.2. The average molecular weight is 1490 g/mol. The Morgan fingerprint density at radius 1 is 0.291 bits per heavy atom. The van der Waals surface area contributed by atoms with E-state index in [9.17, 15) is 9.59 Å². The van der Waals surface area contributed by atoms with Crippen molar-refractivity contribution in [2.45, 2.75) is 307 Å². The highest BCUT2D eigenvalue weighted by atomic mass is 16.1. The van der Waals surface area contributed by atoms with E-state index in [1.54, 1.807) is 0 Å². The zero-order valence-electron chi connectivity index (χ0n) is 74.3. The first-order chi connectivity index (χ1) is 52.3. The minimum absolute atomic E-state index is 0.103. The normalized spacial score (nSPS) is 25.4. The van der Waals surface area contributed by atoms with Gasteiger partial charge in [-0.25, -0.2) is 0 Å². The van der Waals surface area contributed by atoms with Crippen molar-refractivity contribution < 1.29 is 9.59 Å². The van der Waals surface area contributed by atoms with Crippen LogP contribution in [0.2, 0.25) is 0 Å². The molecule has 0 spiro atoms. The van der Waals surface area contributed by atoms with E-state index in [0.29, 0.717) is 59.9 Å². The van der Waals surface area contributed by atoms with Crippen LogP contribution in [0.5, 0.6) is 0 Å². The summed E-state index contributed by atoms with van der Waals surface area (Å²) in [6.07, 6.45) is 36.5. The number of carbonyl (C=O) groups is 2. The Balaban J connectivity index is 0.000000191. The van der Waals surface area contributed by atoms with Crippen LogP contribution in [0.4, 0.5) is 0 Å². The van der Waals surface area contributed by atoms with Gasteiger partial charge in [0.2, 0.25) is 0 Å². The van der Waals surface area contributed by atoms with Gasteiger partial charge in [-0.15, -0.1) is 0 Å². The van der Waals surface area contributed by atoms with Gasteiger partial charge in [-0.2, -0.15) is 0 Å². The Bertz CT molecular complexity index is 3690. The molecule has 0 aromatic heterocycles. The van der Waals surface area contributed by atoms with Crippen molar-refractivity contribution in [2.75, 3.05) is 0 Å². The van der Waals surface area contributed by atoms with Crippen molar-refractivity contribution in [2.24, 2.45) is 138 Å². The molecule has 12 unspecified atom stereocenters.